The molecule has 1 amide bonds. The van der Waals surface area contributed by atoms with Crippen LogP contribution < -0.4 is 5.73 Å². The predicted octanol–water partition coefficient (Wildman–Crippen LogP) is 0.0774. The molecular formula is C11H11NO5. The molecule has 6 nitrogen and oxygen atoms in total. The van der Waals surface area contributed by atoms with Crippen molar-refractivity contribution in [2.75, 3.05) is 0 Å². The van der Waals surface area contributed by atoms with Gasteiger partial charge in [0, 0.05) is 6.42 Å². The van der Waals surface area contributed by atoms with E-state index in [0.29, 0.717) is 5.56 Å². The molecule has 0 aliphatic carbocycles. The van der Waals surface area contributed by atoms with E-state index in [1.165, 1.54) is 18.2 Å². The second-order valence-corrected chi connectivity index (χ2v) is 3.44. The van der Waals surface area contributed by atoms with Gasteiger partial charge in [0.15, 0.2) is 0 Å². The molecule has 1 aromatic carbocycles. The third kappa shape index (κ3) is 3.30. The molecule has 0 bridgehead atoms. The van der Waals surface area contributed by atoms with E-state index >= 15 is 0 Å². The SMILES string of the molecule is NC(=O)c1cc(CCC(=O)C(=O)O)ccc1O. The first-order valence-corrected chi connectivity index (χ1v) is 4.79. The van der Waals surface area contributed by atoms with Crippen molar-refractivity contribution in [3.63, 3.8) is 0 Å². The zero-order chi connectivity index (χ0) is 13.0. The molecule has 6 heteroatoms. The van der Waals surface area contributed by atoms with Crippen molar-refractivity contribution in [2.24, 2.45) is 5.73 Å². The number of Topliss-reactive ketones (excluding diaryl/α,β-unsaturated/α-hetero) is 1. The van der Waals surface area contributed by atoms with Crippen LogP contribution in [0.15, 0.2) is 18.2 Å². The zero-order valence-corrected chi connectivity index (χ0v) is 8.84. The largest absolute Gasteiger partial charge is 0.507 e. The maximum absolute atomic E-state index is 10.9. The van der Waals surface area contributed by atoms with Gasteiger partial charge in [0.2, 0.25) is 5.78 Å². The molecule has 0 spiro atoms. The number of rotatable bonds is 5. The maximum Gasteiger partial charge on any atom is 0.372 e. The zero-order valence-electron chi connectivity index (χ0n) is 8.84. The Balaban J connectivity index is 2.80. The molecule has 0 aromatic heterocycles. The number of carbonyl (C=O) groups is 3. The minimum atomic E-state index is -1.49. The predicted molar refractivity (Wildman–Crippen MR) is 57.6 cm³/mol. The molecule has 1 aromatic rings. The fourth-order valence-electron chi connectivity index (χ4n) is 1.30. The van der Waals surface area contributed by atoms with Crippen LogP contribution >= 0.6 is 0 Å². The van der Waals surface area contributed by atoms with Crippen molar-refractivity contribution < 1.29 is 24.6 Å². The first-order valence-electron chi connectivity index (χ1n) is 4.79. The molecule has 0 heterocycles. The highest BCUT2D eigenvalue weighted by molar-refractivity contribution is 6.32. The minimum absolute atomic E-state index is 0.0507. The summed E-state index contributed by atoms with van der Waals surface area (Å²) in [5.74, 6) is -3.42. The van der Waals surface area contributed by atoms with E-state index in [-0.39, 0.29) is 24.2 Å². The van der Waals surface area contributed by atoms with Crippen LogP contribution in [0.5, 0.6) is 5.75 Å². The molecule has 0 aliphatic heterocycles. The summed E-state index contributed by atoms with van der Waals surface area (Å²) in [5, 5.41) is 17.7. The molecule has 0 saturated carbocycles. The summed E-state index contributed by atoms with van der Waals surface area (Å²) in [6.45, 7) is 0. The quantitative estimate of drug-likeness (QED) is 0.626. The van der Waals surface area contributed by atoms with Crippen LogP contribution in [0.4, 0.5) is 0 Å². The monoisotopic (exact) mass is 237 g/mol. The molecular weight excluding hydrogens is 226 g/mol. The first-order chi connectivity index (χ1) is 7.91. The van der Waals surface area contributed by atoms with E-state index in [4.69, 9.17) is 10.8 Å². The summed E-state index contributed by atoms with van der Waals surface area (Å²) in [6.07, 6.45) is 0.00397. The van der Waals surface area contributed by atoms with Crippen molar-refractivity contribution in [1.82, 2.24) is 0 Å². The third-order valence-electron chi connectivity index (χ3n) is 2.21. The number of aryl methyl sites for hydroxylation is 1. The number of hydrogen-bond acceptors (Lipinski definition) is 4. The minimum Gasteiger partial charge on any atom is -0.507 e. The lowest BCUT2D eigenvalue weighted by Crippen LogP contribution is -2.14. The molecule has 0 atom stereocenters. The average molecular weight is 237 g/mol. The van der Waals surface area contributed by atoms with E-state index in [2.05, 4.69) is 0 Å². The number of benzene rings is 1. The number of phenols is 1. The molecule has 4 N–H and O–H groups in total. The van der Waals surface area contributed by atoms with Crippen LogP contribution in [0.3, 0.4) is 0 Å². The van der Waals surface area contributed by atoms with Crippen LogP contribution in [-0.4, -0.2) is 27.9 Å². The van der Waals surface area contributed by atoms with E-state index in [0.717, 1.165) is 0 Å². The number of carbonyl (C=O) groups excluding carboxylic acids is 2. The van der Waals surface area contributed by atoms with Gasteiger partial charge < -0.3 is 15.9 Å². The Labute approximate surface area is 96.7 Å². The summed E-state index contributed by atoms with van der Waals surface area (Å²) in [6, 6.07) is 4.12. The van der Waals surface area contributed by atoms with Crippen LogP contribution in [0.2, 0.25) is 0 Å². The number of aromatic hydroxyl groups is 1. The summed E-state index contributed by atoms with van der Waals surface area (Å²) in [4.78, 5) is 32.1. The lowest BCUT2D eigenvalue weighted by molar-refractivity contribution is -0.149. The van der Waals surface area contributed by atoms with Crippen molar-refractivity contribution in [3.05, 3.63) is 29.3 Å². The lowest BCUT2D eigenvalue weighted by Gasteiger charge is -2.04. The highest BCUT2D eigenvalue weighted by atomic mass is 16.4. The number of carboxylic acids is 1. The topological polar surface area (TPSA) is 118 Å². The smallest absolute Gasteiger partial charge is 0.372 e. The highest BCUT2D eigenvalue weighted by Gasteiger charge is 2.13. The number of aliphatic carboxylic acids is 1. The van der Waals surface area contributed by atoms with Gasteiger partial charge in [0.25, 0.3) is 5.91 Å². The third-order valence-corrected chi connectivity index (χ3v) is 2.21. The van der Waals surface area contributed by atoms with Gasteiger partial charge in [-0.25, -0.2) is 4.79 Å². The molecule has 0 fully saturated rings. The Bertz CT molecular complexity index is 481. The lowest BCUT2D eigenvalue weighted by atomic mass is 10.0. The van der Waals surface area contributed by atoms with Gasteiger partial charge in [0.05, 0.1) is 5.56 Å². The molecule has 0 unspecified atom stereocenters. The number of nitrogens with two attached hydrogens (primary N) is 1. The van der Waals surface area contributed by atoms with E-state index in [9.17, 15) is 19.5 Å². The van der Waals surface area contributed by atoms with Gasteiger partial charge in [-0.15, -0.1) is 0 Å². The Morgan fingerprint density at radius 1 is 1.24 bits per heavy atom. The Hall–Kier alpha value is -2.37. The fourth-order valence-corrected chi connectivity index (χ4v) is 1.30. The Morgan fingerprint density at radius 2 is 1.88 bits per heavy atom. The average Bonchev–Trinajstić information content (AvgIpc) is 2.26. The van der Waals surface area contributed by atoms with E-state index in [1.54, 1.807) is 0 Å². The van der Waals surface area contributed by atoms with Gasteiger partial charge in [-0.1, -0.05) is 6.07 Å². The van der Waals surface area contributed by atoms with Crippen molar-refractivity contribution >= 4 is 17.7 Å². The van der Waals surface area contributed by atoms with Gasteiger partial charge in [-0.3, -0.25) is 9.59 Å². The number of amides is 1. The van der Waals surface area contributed by atoms with E-state index in [1.807, 2.05) is 0 Å². The standard InChI is InChI=1S/C11H11NO5/c12-10(15)7-5-6(1-3-8(7)13)2-4-9(14)11(16)17/h1,3,5,13H,2,4H2,(H2,12,15)(H,16,17). The van der Waals surface area contributed by atoms with Crippen molar-refractivity contribution in [3.8, 4) is 5.75 Å². The summed E-state index contributed by atoms with van der Waals surface area (Å²) < 4.78 is 0. The van der Waals surface area contributed by atoms with Crippen molar-refractivity contribution in [1.29, 1.82) is 0 Å². The first kappa shape index (κ1) is 12.7. The summed E-state index contributed by atoms with van der Waals surface area (Å²) >= 11 is 0. The summed E-state index contributed by atoms with van der Waals surface area (Å²) in [7, 11) is 0. The van der Waals surface area contributed by atoms with Gasteiger partial charge in [0.1, 0.15) is 5.75 Å². The Morgan fingerprint density at radius 3 is 2.41 bits per heavy atom. The van der Waals surface area contributed by atoms with E-state index < -0.39 is 17.7 Å². The van der Waals surface area contributed by atoms with Crippen LogP contribution in [0, 0.1) is 0 Å². The second kappa shape index (κ2) is 5.11. The van der Waals surface area contributed by atoms with Gasteiger partial charge in [-0.2, -0.15) is 0 Å². The summed E-state index contributed by atoms with van der Waals surface area (Å²) in [5.41, 5.74) is 5.54. The number of carboxylic acid groups (broad SMARTS) is 1. The molecule has 0 aliphatic rings. The molecule has 17 heavy (non-hydrogen) atoms. The maximum atomic E-state index is 10.9. The highest BCUT2D eigenvalue weighted by Crippen LogP contribution is 2.18. The van der Waals surface area contributed by atoms with Gasteiger partial charge in [-0.05, 0) is 24.1 Å². The number of hydrogen-bond donors (Lipinski definition) is 3. The normalized spacial score (nSPS) is 9.88. The second-order valence-electron chi connectivity index (χ2n) is 3.44. The van der Waals surface area contributed by atoms with Crippen molar-refractivity contribution in [2.45, 2.75) is 12.8 Å². The van der Waals surface area contributed by atoms with Gasteiger partial charge >= 0.3 is 5.97 Å². The molecule has 1 rings (SSSR count). The van der Waals surface area contributed by atoms with Crippen LogP contribution in [-0.2, 0) is 16.0 Å². The fraction of sp³-hybridized carbons (Fsp3) is 0.182. The molecule has 0 saturated heterocycles. The number of primary amides is 1. The number of ketones is 1. The molecule has 90 valence electrons. The van der Waals surface area contributed by atoms with Crippen LogP contribution in [0.1, 0.15) is 22.3 Å². The Kier molecular flexibility index (Phi) is 3.82. The molecule has 0 radical (unpaired) electrons. The van der Waals surface area contributed by atoms with Crippen LogP contribution in [0.25, 0.3) is 0 Å².